The summed E-state index contributed by atoms with van der Waals surface area (Å²) < 4.78 is 2.15. The first-order valence-corrected chi connectivity index (χ1v) is 6.15. The summed E-state index contributed by atoms with van der Waals surface area (Å²) in [7, 11) is 0. The molecule has 17 heavy (non-hydrogen) atoms. The summed E-state index contributed by atoms with van der Waals surface area (Å²) in [5.74, 6) is 0.371. The number of amides is 1. The van der Waals surface area contributed by atoms with Crippen molar-refractivity contribution in [1.29, 1.82) is 0 Å². The molecule has 0 aromatic carbocycles. The molecule has 1 amide bonds. The smallest absolute Gasteiger partial charge is 0.255 e. The number of rotatable bonds is 3. The van der Waals surface area contributed by atoms with Gasteiger partial charge in [-0.25, -0.2) is 0 Å². The fourth-order valence-electron chi connectivity index (χ4n) is 2.53. The summed E-state index contributed by atoms with van der Waals surface area (Å²) in [6.07, 6.45) is 0. The van der Waals surface area contributed by atoms with Crippen LogP contribution in [0.2, 0.25) is 0 Å². The summed E-state index contributed by atoms with van der Waals surface area (Å²) in [5, 5.41) is 8.95. The molecule has 0 aliphatic carbocycles. The van der Waals surface area contributed by atoms with Crippen LogP contribution in [0.25, 0.3) is 0 Å². The van der Waals surface area contributed by atoms with Gasteiger partial charge in [-0.1, -0.05) is 0 Å². The van der Waals surface area contributed by atoms with E-state index in [0.717, 1.165) is 23.5 Å². The molecule has 2 heterocycles. The van der Waals surface area contributed by atoms with Gasteiger partial charge >= 0.3 is 0 Å². The van der Waals surface area contributed by atoms with E-state index < -0.39 is 0 Å². The lowest BCUT2D eigenvalue weighted by atomic mass is 10.00. The Bertz CT molecular complexity index is 431. The first kappa shape index (κ1) is 12.2. The predicted molar refractivity (Wildman–Crippen MR) is 66.1 cm³/mol. The second-order valence-corrected chi connectivity index (χ2v) is 4.79. The van der Waals surface area contributed by atoms with Gasteiger partial charge in [0.2, 0.25) is 0 Å². The van der Waals surface area contributed by atoms with Gasteiger partial charge in [0, 0.05) is 43.5 Å². The lowest BCUT2D eigenvalue weighted by Gasteiger charge is -2.38. The molecular weight excluding hydrogens is 216 g/mol. The van der Waals surface area contributed by atoms with E-state index >= 15 is 0 Å². The van der Waals surface area contributed by atoms with Gasteiger partial charge < -0.3 is 14.6 Å². The van der Waals surface area contributed by atoms with E-state index in [2.05, 4.69) is 11.5 Å². The number of aryl methyl sites for hydroxylation is 1. The quantitative estimate of drug-likeness (QED) is 0.857. The van der Waals surface area contributed by atoms with Crippen LogP contribution in [0.3, 0.4) is 0 Å². The molecule has 1 aliphatic heterocycles. The normalized spacial score (nSPS) is 16.1. The maximum atomic E-state index is 12.2. The van der Waals surface area contributed by atoms with Crippen molar-refractivity contribution in [3.05, 3.63) is 23.0 Å². The molecule has 2 rings (SSSR count). The van der Waals surface area contributed by atoms with Crippen molar-refractivity contribution >= 4 is 5.91 Å². The minimum absolute atomic E-state index is 0.0995. The van der Waals surface area contributed by atoms with Gasteiger partial charge in [-0.05, 0) is 26.8 Å². The number of hydrogen-bond acceptors (Lipinski definition) is 2. The zero-order valence-corrected chi connectivity index (χ0v) is 10.7. The lowest BCUT2D eigenvalue weighted by molar-refractivity contribution is 0.0361. The van der Waals surface area contributed by atoms with Crippen molar-refractivity contribution in [2.75, 3.05) is 19.7 Å². The standard InChI is InChI=1S/C13H20N2O2/c1-4-15-9(2)5-12(10(15)3)13(17)14-6-11(7-14)8-16/h5,11,16H,4,6-8H2,1-3H3. The van der Waals surface area contributed by atoms with E-state index in [1.54, 1.807) is 0 Å². The average molecular weight is 236 g/mol. The molecule has 94 valence electrons. The molecule has 0 saturated carbocycles. The van der Waals surface area contributed by atoms with Crippen LogP contribution in [0.4, 0.5) is 0 Å². The number of aromatic nitrogens is 1. The number of hydrogen-bond donors (Lipinski definition) is 1. The molecule has 0 bridgehead atoms. The first-order chi connectivity index (χ1) is 8.08. The second-order valence-electron chi connectivity index (χ2n) is 4.79. The molecule has 1 saturated heterocycles. The molecule has 1 aliphatic rings. The highest BCUT2D eigenvalue weighted by molar-refractivity contribution is 5.96. The zero-order valence-electron chi connectivity index (χ0n) is 10.7. The SMILES string of the molecule is CCn1c(C)cc(C(=O)N2CC(CO)C2)c1C. The van der Waals surface area contributed by atoms with E-state index in [4.69, 9.17) is 5.11 Å². The van der Waals surface area contributed by atoms with Crippen molar-refractivity contribution in [3.63, 3.8) is 0 Å². The molecule has 1 aromatic heterocycles. The fourth-order valence-corrected chi connectivity index (χ4v) is 2.53. The molecule has 4 nitrogen and oxygen atoms in total. The van der Waals surface area contributed by atoms with Crippen molar-refractivity contribution in [3.8, 4) is 0 Å². The van der Waals surface area contributed by atoms with E-state index in [9.17, 15) is 4.79 Å². The summed E-state index contributed by atoms with van der Waals surface area (Å²) in [6, 6.07) is 1.97. The fraction of sp³-hybridized carbons (Fsp3) is 0.615. The maximum Gasteiger partial charge on any atom is 0.255 e. The topological polar surface area (TPSA) is 45.5 Å². The highest BCUT2D eigenvalue weighted by atomic mass is 16.3. The Hall–Kier alpha value is -1.29. The molecule has 1 N–H and O–H groups in total. The van der Waals surface area contributed by atoms with Crippen LogP contribution in [-0.2, 0) is 6.54 Å². The van der Waals surface area contributed by atoms with E-state index in [0.29, 0.717) is 13.1 Å². The number of aliphatic hydroxyl groups is 1. The Morgan fingerprint density at radius 1 is 1.47 bits per heavy atom. The van der Waals surface area contributed by atoms with Crippen molar-refractivity contribution in [2.24, 2.45) is 5.92 Å². The molecule has 0 atom stereocenters. The molecule has 0 radical (unpaired) electrons. The number of likely N-dealkylation sites (tertiary alicyclic amines) is 1. The van der Waals surface area contributed by atoms with Gasteiger partial charge in [0.25, 0.3) is 5.91 Å². The Morgan fingerprint density at radius 2 is 2.12 bits per heavy atom. The van der Waals surface area contributed by atoms with E-state index in [1.165, 1.54) is 0 Å². The van der Waals surface area contributed by atoms with Gasteiger partial charge in [-0.3, -0.25) is 4.79 Å². The summed E-state index contributed by atoms with van der Waals surface area (Å²) in [4.78, 5) is 14.0. The van der Waals surface area contributed by atoms with Gasteiger partial charge in [0.15, 0.2) is 0 Å². The Kier molecular flexibility index (Phi) is 3.24. The van der Waals surface area contributed by atoms with Gasteiger partial charge in [-0.2, -0.15) is 0 Å². The molecular formula is C13H20N2O2. The number of carbonyl (C=O) groups is 1. The molecule has 1 fully saturated rings. The monoisotopic (exact) mass is 236 g/mol. The maximum absolute atomic E-state index is 12.2. The third-order valence-electron chi connectivity index (χ3n) is 3.62. The van der Waals surface area contributed by atoms with Crippen LogP contribution >= 0.6 is 0 Å². The van der Waals surface area contributed by atoms with Gasteiger partial charge in [-0.15, -0.1) is 0 Å². The van der Waals surface area contributed by atoms with Crippen LogP contribution in [-0.4, -0.2) is 40.2 Å². The van der Waals surface area contributed by atoms with Crippen molar-refractivity contribution in [2.45, 2.75) is 27.3 Å². The largest absolute Gasteiger partial charge is 0.396 e. The van der Waals surface area contributed by atoms with Crippen LogP contribution in [0.1, 0.15) is 28.7 Å². The van der Waals surface area contributed by atoms with Crippen LogP contribution < -0.4 is 0 Å². The van der Waals surface area contributed by atoms with Crippen LogP contribution in [0, 0.1) is 19.8 Å². The third-order valence-corrected chi connectivity index (χ3v) is 3.62. The Morgan fingerprint density at radius 3 is 2.59 bits per heavy atom. The molecule has 0 spiro atoms. The van der Waals surface area contributed by atoms with Gasteiger partial charge in [0.1, 0.15) is 0 Å². The van der Waals surface area contributed by atoms with Crippen LogP contribution in [0.5, 0.6) is 0 Å². The predicted octanol–water partition coefficient (Wildman–Crippen LogP) is 1.19. The van der Waals surface area contributed by atoms with Gasteiger partial charge in [0.05, 0.1) is 5.56 Å². The molecule has 0 unspecified atom stereocenters. The third kappa shape index (κ3) is 1.97. The van der Waals surface area contributed by atoms with Crippen LogP contribution in [0.15, 0.2) is 6.07 Å². The summed E-state index contributed by atoms with van der Waals surface area (Å²) >= 11 is 0. The number of nitrogens with zero attached hydrogens (tertiary/aromatic N) is 2. The molecule has 4 heteroatoms. The minimum atomic E-state index is 0.0995. The highest BCUT2D eigenvalue weighted by Gasteiger charge is 2.31. The average Bonchev–Trinajstić information content (AvgIpc) is 2.52. The zero-order chi connectivity index (χ0) is 12.6. The number of carbonyl (C=O) groups excluding carboxylic acids is 1. The minimum Gasteiger partial charge on any atom is -0.396 e. The van der Waals surface area contributed by atoms with E-state index in [1.807, 2.05) is 24.8 Å². The second kappa shape index (κ2) is 4.53. The Balaban J connectivity index is 2.15. The van der Waals surface area contributed by atoms with Crippen molar-refractivity contribution in [1.82, 2.24) is 9.47 Å². The summed E-state index contributed by atoms with van der Waals surface area (Å²) in [5.41, 5.74) is 2.98. The number of aliphatic hydroxyl groups excluding tert-OH is 1. The highest BCUT2D eigenvalue weighted by Crippen LogP contribution is 2.22. The summed E-state index contributed by atoms with van der Waals surface area (Å²) in [6.45, 7) is 8.55. The first-order valence-electron chi connectivity index (χ1n) is 6.15. The lowest BCUT2D eigenvalue weighted by Crippen LogP contribution is -2.51. The van der Waals surface area contributed by atoms with Crippen molar-refractivity contribution < 1.29 is 9.90 Å². The molecule has 1 aromatic rings. The van der Waals surface area contributed by atoms with E-state index in [-0.39, 0.29) is 18.4 Å². The Labute approximate surface area is 102 Å².